The summed E-state index contributed by atoms with van der Waals surface area (Å²) < 4.78 is 0. The van der Waals surface area contributed by atoms with E-state index in [2.05, 4.69) is 26.8 Å². The number of nitrogens with zero attached hydrogens (tertiary/aromatic N) is 1. The average molecular weight is 257 g/mol. The van der Waals surface area contributed by atoms with Crippen LogP contribution in [0.4, 0.5) is 0 Å². The highest BCUT2D eigenvalue weighted by Gasteiger charge is 2.41. The van der Waals surface area contributed by atoms with Gasteiger partial charge in [0.1, 0.15) is 0 Å². The number of rotatable bonds is 2. The third-order valence-corrected chi connectivity index (χ3v) is 4.72. The molecule has 1 fully saturated rings. The predicted octanol–water partition coefficient (Wildman–Crippen LogP) is 4.05. The molecule has 2 heteroatoms. The summed E-state index contributed by atoms with van der Waals surface area (Å²) in [4.78, 5) is 0. The molecule has 1 unspecified atom stereocenters. The second-order valence-electron chi connectivity index (χ2n) is 6.56. The van der Waals surface area contributed by atoms with E-state index in [9.17, 15) is 5.11 Å². The van der Waals surface area contributed by atoms with Crippen molar-refractivity contribution in [1.29, 1.82) is 5.26 Å². The molecule has 0 heterocycles. The zero-order chi connectivity index (χ0) is 14.0. The van der Waals surface area contributed by atoms with Crippen LogP contribution in [0.5, 0.6) is 0 Å². The molecule has 0 aromatic heterocycles. The van der Waals surface area contributed by atoms with Crippen molar-refractivity contribution in [3.8, 4) is 6.07 Å². The van der Waals surface area contributed by atoms with Gasteiger partial charge in [0, 0.05) is 0 Å². The van der Waals surface area contributed by atoms with Gasteiger partial charge in [0.2, 0.25) is 0 Å². The third kappa shape index (κ3) is 2.82. The average Bonchev–Trinajstić information content (AvgIpc) is 2.37. The largest absolute Gasteiger partial charge is 0.388 e. The predicted molar refractivity (Wildman–Crippen MR) is 76.4 cm³/mol. The second kappa shape index (κ2) is 5.35. The van der Waals surface area contributed by atoms with Gasteiger partial charge in [0.05, 0.1) is 17.7 Å². The SMILES string of the molecule is C[C@H]1CCCC(C)(C)[C@H]1C(O)c1ccc(C#N)cc1. The highest BCUT2D eigenvalue weighted by Crippen LogP contribution is 2.49. The van der Waals surface area contributed by atoms with E-state index in [0.717, 1.165) is 5.56 Å². The highest BCUT2D eigenvalue weighted by molar-refractivity contribution is 5.32. The molecule has 1 aromatic carbocycles. The van der Waals surface area contributed by atoms with E-state index < -0.39 is 6.10 Å². The van der Waals surface area contributed by atoms with Gasteiger partial charge in [-0.25, -0.2) is 0 Å². The molecule has 0 bridgehead atoms. The number of aliphatic hydroxyl groups is 1. The number of hydrogen-bond acceptors (Lipinski definition) is 2. The summed E-state index contributed by atoms with van der Waals surface area (Å²) >= 11 is 0. The van der Waals surface area contributed by atoms with Gasteiger partial charge in [-0.2, -0.15) is 5.26 Å². The van der Waals surface area contributed by atoms with Gasteiger partial charge in [0.15, 0.2) is 0 Å². The lowest BCUT2D eigenvalue weighted by Crippen LogP contribution is -2.37. The minimum absolute atomic E-state index is 0.172. The first-order valence-corrected chi connectivity index (χ1v) is 7.14. The number of aliphatic hydroxyl groups excluding tert-OH is 1. The van der Waals surface area contributed by atoms with Crippen LogP contribution in [0.15, 0.2) is 24.3 Å². The van der Waals surface area contributed by atoms with Gasteiger partial charge in [-0.3, -0.25) is 0 Å². The fraction of sp³-hybridized carbons (Fsp3) is 0.588. The summed E-state index contributed by atoms with van der Waals surface area (Å²) in [7, 11) is 0. The molecule has 19 heavy (non-hydrogen) atoms. The van der Waals surface area contributed by atoms with Crippen molar-refractivity contribution < 1.29 is 5.11 Å². The Balaban J connectivity index is 2.25. The Labute approximate surface area is 116 Å². The maximum Gasteiger partial charge on any atom is 0.0991 e. The fourth-order valence-corrected chi connectivity index (χ4v) is 3.70. The standard InChI is InChI=1S/C17H23NO/c1-12-5-4-10-17(2,3)15(12)16(19)14-8-6-13(11-18)7-9-14/h6-9,12,15-16,19H,4-5,10H2,1-3H3/t12-,15+,16?/m0/s1. The Morgan fingerprint density at radius 3 is 2.47 bits per heavy atom. The van der Waals surface area contributed by atoms with E-state index in [4.69, 9.17) is 5.26 Å². The Morgan fingerprint density at radius 1 is 1.32 bits per heavy atom. The molecular weight excluding hydrogens is 234 g/mol. The van der Waals surface area contributed by atoms with Crippen LogP contribution in [-0.4, -0.2) is 5.11 Å². The van der Waals surface area contributed by atoms with Crippen molar-refractivity contribution >= 4 is 0 Å². The summed E-state index contributed by atoms with van der Waals surface area (Å²) in [6, 6.07) is 9.48. The van der Waals surface area contributed by atoms with E-state index >= 15 is 0 Å². The van der Waals surface area contributed by atoms with Crippen molar-refractivity contribution in [3.63, 3.8) is 0 Å². The lowest BCUT2D eigenvalue weighted by Gasteiger charge is -2.45. The Kier molecular flexibility index (Phi) is 3.96. The van der Waals surface area contributed by atoms with Crippen LogP contribution in [0.1, 0.15) is 57.3 Å². The molecule has 2 nitrogen and oxygen atoms in total. The van der Waals surface area contributed by atoms with Gasteiger partial charge in [-0.05, 0) is 41.4 Å². The van der Waals surface area contributed by atoms with Gasteiger partial charge in [0.25, 0.3) is 0 Å². The second-order valence-corrected chi connectivity index (χ2v) is 6.56. The minimum Gasteiger partial charge on any atom is -0.388 e. The number of benzene rings is 1. The number of hydrogen-bond donors (Lipinski definition) is 1. The zero-order valence-corrected chi connectivity index (χ0v) is 12.1. The van der Waals surface area contributed by atoms with E-state index in [-0.39, 0.29) is 11.3 Å². The van der Waals surface area contributed by atoms with Gasteiger partial charge in [-0.15, -0.1) is 0 Å². The molecule has 102 valence electrons. The molecule has 3 atom stereocenters. The molecule has 0 amide bonds. The summed E-state index contributed by atoms with van der Waals surface area (Å²) in [6.07, 6.45) is 3.19. The molecule has 0 aliphatic heterocycles. The molecule has 0 radical (unpaired) electrons. The lowest BCUT2D eigenvalue weighted by atomic mass is 9.61. The Hall–Kier alpha value is -1.33. The van der Waals surface area contributed by atoms with E-state index in [1.807, 2.05) is 12.1 Å². The first kappa shape index (κ1) is 14.1. The molecule has 1 N–H and O–H groups in total. The van der Waals surface area contributed by atoms with Crippen LogP contribution in [0.2, 0.25) is 0 Å². The Morgan fingerprint density at radius 2 is 1.95 bits per heavy atom. The van der Waals surface area contributed by atoms with Gasteiger partial charge < -0.3 is 5.11 Å². The van der Waals surface area contributed by atoms with Crippen molar-refractivity contribution in [2.45, 2.75) is 46.1 Å². The fourth-order valence-electron chi connectivity index (χ4n) is 3.70. The summed E-state index contributed by atoms with van der Waals surface area (Å²) in [5.74, 6) is 0.823. The van der Waals surface area contributed by atoms with E-state index in [1.165, 1.54) is 19.3 Å². The molecule has 0 spiro atoms. The van der Waals surface area contributed by atoms with Crippen LogP contribution in [0, 0.1) is 28.6 Å². The lowest BCUT2D eigenvalue weighted by molar-refractivity contribution is -0.0292. The molecule has 1 aromatic rings. The van der Waals surface area contributed by atoms with Crippen molar-refractivity contribution in [1.82, 2.24) is 0 Å². The van der Waals surface area contributed by atoms with Crippen molar-refractivity contribution in [3.05, 3.63) is 35.4 Å². The van der Waals surface area contributed by atoms with Crippen LogP contribution in [0.25, 0.3) is 0 Å². The summed E-state index contributed by atoms with van der Waals surface area (Å²) in [5.41, 5.74) is 1.75. The quantitative estimate of drug-likeness (QED) is 0.868. The maximum absolute atomic E-state index is 10.7. The molecule has 2 rings (SSSR count). The van der Waals surface area contributed by atoms with E-state index in [0.29, 0.717) is 11.5 Å². The molecule has 0 saturated heterocycles. The molecule has 1 saturated carbocycles. The maximum atomic E-state index is 10.7. The topological polar surface area (TPSA) is 44.0 Å². The smallest absolute Gasteiger partial charge is 0.0991 e. The van der Waals surface area contributed by atoms with Gasteiger partial charge in [-0.1, -0.05) is 45.7 Å². The van der Waals surface area contributed by atoms with E-state index in [1.54, 1.807) is 12.1 Å². The normalized spacial score (nSPS) is 27.5. The van der Waals surface area contributed by atoms with Crippen LogP contribution < -0.4 is 0 Å². The molecule has 1 aliphatic carbocycles. The van der Waals surface area contributed by atoms with Crippen LogP contribution >= 0.6 is 0 Å². The first-order chi connectivity index (χ1) is 8.95. The van der Waals surface area contributed by atoms with Crippen molar-refractivity contribution in [2.75, 3.05) is 0 Å². The first-order valence-electron chi connectivity index (χ1n) is 7.14. The highest BCUT2D eigenvalue weighted by atomic mass is 16.3. The van der Waals surface area contributed by atoms with Crippen molar-refractivity contribution in [2.24, 2.45) is 17.3 Å². The Bertz CT molecular complexity index is 469. The molecular formula is C17H23NO. The van der Waals surface area contributed by atoms with Crippen LogP contribution in [0.3, 0.4) is 0 Å². The number of nitriles is 1. The molecule has 1 aliphatic rings. The minimum atomic E-state index is -0.432. The summed E-state index contributed by atoms with van der Waals surface area (Å²) in [5, 5.41) is 19.6. The zero-order valence-electron chi connectivity index (χ0n) is 12.1. The third-order valence-electron chi connectivity index (χ3n) is 4.72. The monoisotopic (exact) mass is 257 g/mol. The van der Waals surface area contributed by atoms with Gasteiger partial charge >= 0.3 is 0 Å². The summed E-state index contributed by atoms with van der Waals surface area (Å²) in [6.45, 7) is 6.78. The van der Waals surface area contributed by atoms with Crippen LogP contribution in [-0.2, 0) is 0 Å².